The first-order valence-electron chi connectivity index (χ1n) is 6.88. The van der Waals surface area contributed by atoms with Gasteiger partial charge in [0.2, 0.25) is 0 Å². The minimum absolute atomic E-state index is 0.112. The number of aliphatic carboxylic acids is 1. The fourth-order valence-electron chi connectivity index (χ4n) is 2.08. The topological polar surface area (TPSA) is 103 Å². The number of hydrogen-bond donors (Lipinski definition) is 3. The van der Waals surface area contributed by atoms with Gasteiger partial charge in [-0.1, -0.05) is 0 Å². The van der Waals surface area contributed by atoms with Crippen molar-refractivity contribution in [1.29, 1.82) is 0 Å². The number of hydrogen-bond acceptors (Lipinski definition) is 4. The molecule has 1 aliphatic carbocycles. The summed E-state index contributed by atoms with van der Waals surface area (Å²) in [6, 6.07) is 3.42. The zero-order valence-corrected chi connectivity index (χ0v) is 11.9. The van der Waals surface area contributed by atoms with Crippen molar-refractivity contribution in [3.63, 3.8) is 0 Å². The third-order valence-corrected chi connectivity index (χ3v) is 3.31. The number of urea groups is 1. The maximum absolute atomic E-state index is 12.2. The number of nitrogens with one attached hydrogen (secondary N) is 1. The van der Waals surface area contributed by atoms with E-state index in [-0.39, 0.29) is 18.6 Å². The standard InChI is InChI=1S/C14H20N2O5/c1-14(20,7-12(17)18)9-15-13(19)16(10-4-5-10)8-11-3-2-6-21-11/h2-3,6,10,20H,4-5,7-9H2,1H3,(H,15,19)(H,17,18). The lowest BCUT2D eigenvalue weighted by atomic mass is 10.0. The third kappa shape index (κ3) is 4.78. The second kappa shape index (κ2) is 6.17. The van der Waals surface area contributed by atoms with E-state index in [0.29, 0.717) is 12.3 Å². The predicted molar refractivity (Wildman–Crippen MR) is 73.5 cm³/mol. The van der Waals surface area contributed by atoms with E-state index in [2.05, 4.69) is 5.32 Å². The molecular weight excluding hydrogens is 276 g/mol. The minimum atomic E-state index is -1.47. The molecule has 21 heavy (non-hydrogen) atoms. The molecule has 1 aliphatic rings. The molecule has 1 saturated carbocycles. The first-order valence-corrected chi connectivity index (χ1v) is 6.88. The molecule has 3 N–H and O–H groups in total. The summed E-state index contributed by atoms with van der Waals surface area (Å²) in [4.78, 5) is 24.5. The lowest BCUT2D eigenvalue weighted by Gasteiger charge is -2.26. The molecule has 1 aromatic rings. The number of amides is 2. The van der Waals surface area contributed by atoms with E-state index in [0.717, 1.165) is 12.8 Å². The molecule has 0 spiro atoms. The smallest absolute Gasteiger partial charge is 0.318 e. The van der Waals surface area contributed by atoms with E-state index in [1.54, 1.807) is 23.3 Å². The van der Waals surface area contributed by atoms with Crippen molar-refractivity contribution in [2.24, 2.45) is 0 Å². The van der Waals surface area contributed by atoms with Crippen molar-refractivity contribution in [1.82, 2.24) is 10.2 Å². The first kappa shape index (κ1) is 15.4. The van der Waals surface area contributed by atoms with Gasteiger partial charge >= 0.3 is 12.0 Å². The molecule has 0 bridgehead atoms. The number of carboxylic acid groups (broad SMARTS) is 1. The largest absolute Gasteiger partial charge is 0.481 e. The zero-order valence-electron chi connectivity index (χ0n) is 11.9. The maximum atomic E-state index is 12.2. The van der Waals surface area contributed by atoms with E-state index in [9.17, 15) is 14.7 Å². The summed E-state index contributed by atoms with van der Waals surface area (Å²) in [5.41, 5.74) is -1.47. The lowest BCUT2D eigenvalue weighted by Crippen LogP contribution is -2.47. The van der Waals surface area contributed by atoms with Crippen LogP contribution in [0.25, 0.3) is 0 Å². The van der Waals surface area contributed by atoms with Crippen LogP contribution in [0.3, 0.4) is 0 Å². The van der Waals surface area contributed by atoms with Crippen LogP contribution in [0.4, 0.5) is 4.79 Å². The van der Waals surface area contributed by atoms with Gasteiger partial charge in [-0.2, -0.15) is 0 Å². The van der Waals surface area contributed by atoms with Crippen molar-refractivity contribution >= 4 is 12.0 Å². The molecule has 0 aromatic carbocycles. The Kier molecular flexibility index (Phi) is 4.52. The Hall–Kier alpha value is -2.02. The number of carboxylic acids is 1. The highest BCUT2D eigenvalue weighted by molar-refractivity contribution is 5.75. The first-order chi connectivity index (χ1) is 9.87. The number of rotatable bonds is 7. The number of carbonyl (C=O) groups excluding carboxylic acids is 1. The average molecular weight is 296 g/mol. The van der Waals surface area contributed by atoms with Gasteiger partial charge < -0.3 is 24.8 Å². The monoisotopic (exact) mass is 296 g/mol. The summed E-state index contributed by atoms with van der Waals surface area (Å²) in [5, 5.41) is 21.2. The molecule has 116 valence electrons. The van der Waals surface area contributed by atoms with Crippen molar-refractivity contribution in [2.75, 3.05) is 6.54 Å². The van der Waals surface area contributed by atoms with Crippen LogP contribution in [-0.4, -0.2) is 45.3 Å². The van der Waals surface area contributed by atoms with E-state index >= 15 is 0 Å². The van der Waals surface area contributed by atoms with Gasteiger partial charge in [0.25, 0.3) is 0 Å². The molecular formula is C14H20N2O5. The van der Waals surface area contributed by atoms with Gasteiger partial charge in [-0.05, 0) is 31.9 Å². The van der Waals surface area contributed by atoms with Crippen molar-refractivity contribution in [2.45, 2.75) is 44.4 Å². The normalized spacial score (nSPS) is 17.0. The number of nitrogens with zero attached hydrogens (tertiary/aromatic N) is 1. The van der Waals surface area contributed by atoms with Crippen molar-refractivity contribution in [3.8, 4) is 0 Å². The quantitative estimate of drug-likeness (QED) is 0.701. The number of carbonyl (C=O) groups is 2. The lowest BCUT2D eigenvalue weighted by molar-refractivity contribution is -0.141. The number of aliphatic hydroxyl groups is 1. The zero-order chi connectivity index (χ0) is 15.5. The Morgan fingerprint density at radius 2 is 2.24 bits per heavy atom. The Balaban J connectivity index is 1.89. The summed E-state index contributed by atoms with van der Waals surface area (Å²) >= 11 is 0. The van der Waals surface area contributed by atoms with E-state index in [1.165, 1.54) is 6.92 Å². The van der Waals surface area contributed by atoms with Crippen LogP contribution in [0.2, 0.25) is 0 Å². The molecule has 0 radical (unpaired) electrons. The van der Waals surface area contributed by atoms with Crippen molar-refractivity contribution < 1.29 is 24.2 Å². The Morgan fingerprint density at radius 3 is 2.76 bits per heavy atom. The van der Waals surface area contributed by atoms with Gasteiger partial charge in [0.1, 0.15) is 5.76 Å². The molecule has 1 atom stereocenters. The highest BCUT2D eigenvalue weighted by atomic mass is 16.4. The summed E-state index contributed by atoms with van der Waals surface area (Å²) in [6.45, 7) is 1.64. The van der Waals surface area contributed by atoms with Gasteiger partial charge in [-0.3, -0.25) is 4.79 Å². The van der Waals surface area contributed by atoms with E-state index in [4.69, 9.17) is 9.52 Å². The van der Waals surface area contributed by atoms with Gasteiger partial charge in [0.15, 0.2) is 0 Å². The summed E-state index contributed by atoms with van der Waals surface area (Å²) < 4.78 is 5.24. The molecule has 2 amide bonds. The molecule has 7 heteroatoms. The highest BCUT2D eigenvalue weighted by Gasteiger charge is 2.34. The molecule has 0 aliphatic heterocycles. The Labute approximate surface area is 122 Å². The fourth-order valence-corrected chi connectivity index (χ4v) is 2.08. The number of furan rings is 1. The second-order valence-corrected chi connectivity index (χ2v) is 5.66. The molecule has 7 nitrogen and oxygen atoms in total. The van der Waals surface area contributed by atoms with E-state index in [1.807, 2.05) is 0 Å². The van der Waals surface area contributed by atoms with Crippen LogP contribution in [0, 0.1) is 0 Å². The van der Waals surface area contributed by atoms with Crippen LogP contribution in [0.15, 0.2) is 22.8 Å². The predicted octanol–water partition coefficient (Wildman–Crippen LogP) is 1.18. The van der Waals surface area contributed by atoms with Gasteiger partial charge in [0.05, 0.1) is 24.8 Å². The van der Waals surface area contributed by atoms with Crippen LogP contribution >= 0.6 is 0 Å². The summed E-state index contributed by atoms with van der Waals surface area (Å²) in [7, 11) is 0. The molecule has 1 aromatic heterocycles. The SMILES string of the molecule is CC(O)(CNC(=O)N(Cc1ccco1)C1CC1)CC(=O)O. The summed E-state index contributed by atoms with van der Waals surface area (Å²) in [6.07, 6.45) is 3.02. The molecule has 0 saturated heterocycles. The Morgan fingerprint density at radius 1 is 1.52 bits per heavy atom. The highest BCUT2D eigenvalue weighted by Crippen LogP contribution is 2.28. The Bertz CT molecular complexity index is 493. The molecule has 2 rings (SSSR count). The van der Waals surface area contributed by atoms with Crippen LogP contribution in [0.1, 0.15) is 31.9 Å². The summed E-state index contributed by atoms with van der Waals surface area (Å²) in [5.74, 6) is -0.418. The van der Waals surface area contributed by atoms with Crippen LogP contribution in [-0.2, 0) is 11.3 Å². The fraction of sp³-hybridized carbons (Fsp3) is 0.571. The maximum Gasteiger partial charge on any atom is 0.318 e. The van der Waals surface area contributed by atoms with Crippen LogP contribution < -0.4 is 5.32 Å². The molecule has 1 heterocycles. The van der Waals surface area contributed by atoms with Crippen LogP contribution in [0.5, 0.6) is 0 Å². The average Bonchev–Trinajstić information content (AvgIpc) is 3.09. The van der Waals surface area contributed by atoms with Crippen molar-refractivity contribution in [3.05, 3.63) is 24.2 Å². The van der Waals surface area contributed by atoms with Gasteiger partial charge in [-0.25, -0.2) is 4.79 Å². The minimum Gasteiger partial charge on any atom is -0.481 e. The molecule has 1 fully saturated rings. The second-order valence-electron chi connectivity index (χ2n) is 5.66. The van der Waals surface area contributed by atoms with E-state index < -0.39 is 18.0 Å². The van der Waals surface area contributed by atoms with Gasteiger partial charge in [-0.15, -0.1) is 0 Å². The molecule has 1 unspecified atom stereocenters. The van der Waals surface area contributed by atoms with Gasteiger partial charge in [0, 0.05) is 12.6 Å². The third-order valence-electron chi connectivity index (χ3n) is 3.31.